The summed E-state index contributed by atoms with van der Waals surface area (Å²) in [6.45, 7) is 0.752. The van der Waals surface area contributed by atoms with Gasteiger partial charge < -0.3 is 9.64 Å². The molecule has 2 nitrogen and oxygen atoms in total. The van der Waals surface area contributed by atoms with Crippen LogP contribution in [0.4, 0.5) is 0 Å². The van der Waals surface area contributed by atoms with Crippen LogP contribution < -0.4 is 0 Å². The van der Waals surface area contributed by atoms with E-state index in [-0.39, 0.29) is 0 Å². The Bertz CT molecular complexity index is 749. The summed E-state index contributed by atoms with van der Waals surface area (Å²) >= 11 is 0. The second-order valence-corrected chi connectivity index (χ2v) is 7.62. The molecule has 0 bridgehead atoms. The van der Waals surface area contributed by atoms with Gasteiger partial charge in [0.15, 0.2) is 0 Å². The standard InChI is InChI=1S/C25H27NO/c1-26(2)24-18-20(24)19-27-25(21-12-6-3-7-13-21,22-14-8-4-9-15-22)23-16-10-5-11-17-23/h3-17,20,24H,18-19H2,1-2H3. The molecule has 0 heterocycles. The molecule has 27 heavy (non-hydrogen) atoms. The number of hydrogen-bond acceptors (Lipinski definition) is 2. The first-order valence-electron chi connectivity index (χ1n) is 9.69. The molecule has 3 aromatic rings. The van der Waals surface area contributed by atoms with Crippen LogP contribution in [0.15, 0.2) is 91.0 Å². The van der Waals surface area contributed by atoms with E-state index in [4.69, 9.17) is 4.74 Å². The smallest absolute Gasteiger partial charge is 0.143 e. The Labute approximate surface area is 162 Å². The quantitative estimate of drug-likeness (QED) is 0.555. The summed E-state index contributed by atoms with van der Waals surface area (Å²) in [5, 5.41) is 0. The second-order valence-electron chi connectivity index (χ2n) is 7.62. The Morgan fingerprint density at radius 3 is 1.48 bits per heavy atom. The van der Waals surface area contributed by atoms with Crippen molar-refractivity contribution in [2.75, 3.05) is 20.7 Å². The lowest BCUT2D eigenvalue weighted by Gasteiger charge is -2.36. The molecule has 2 heteroatoms. The van der Waals surface area contributed by atoms with Crippen molar-refractivity contribution in [3.05, 3.63) is 108 Å². The number of benzene rings is 3. The van der Waals surface area contributed by atoms with E-state index in [0.717, 1.165) is 6.61 Å². The van der Waals surface area contributed by atoms with Crippen LogP contribution in [-0.2, 0) is 10.3 Å². The lowest BCUT2D eigenvalue weighted by Crippen LogP contribution is -2.34. The molecule has 1 aliphatic carbocycles. The van der Waals surface area contributed by atoms with Gasteiger partial charge >= 0.3 is 0 Å². The molecule has 138 valence electrons. The van der Waals surface area contributed by atoms with Crippen LogP contribution in [0.2, 0.25) is 0 Å². The summed E-state index contributed by atoms with van der Waals surface area (Å²) < 4.78 is 6.87. The van der Waals surface area contributed by atoms with Crippen LogP contribution in [0.1, 0.15) is 23.1 Å². The van der Waals surface area contributed by atoms with Gasteiger partial charge in [-0.1, -0.05) is 91.0 Å². The number of ether oxygens (including phenoxy) is 1. The van der Waals surface area contributed by atoms with E-state index in [0.29, 0.717) is 12.0 Å². The van der Waals surface area contributed by atoms with Gasteiger partial charge in [0.25, 0.3) is 0 Å². The van der Waals surface area contributed by atoms with E-state index in [9.17, 15) is 0 Å². The SMILES string of the molecule is CN(C)C1CC1COC(c1ccccc1)(c1ccccc1)c1ccccc1. The monoisotopic (exact) mass is 357 g/mol. The molecular formula is C25H27NO. The van der Waals surface area contributed by atoms with E-state index < -0.39 is 5.60 Å². The minimum atomic E-state index is -0.594. The molecule has 0 N–H and O–H groups in total. The van der Waals surface area contributed by atoms with E-state index >= 15 is 0 Å². The predicted molar refractivity (Wildman–Crippen MR) is 111 cm³/mol. The van der Waals surface area contributed by atoms with Crippen LogP contribution in [0, 0.1) is 5.92 Å². The van der Waals surface area contributed by atoms with Gasteiger partial charge in [0.2, 0.25) is 0 Å². The highest BCUT2D eigenvalue weighted by Crippen LogP contribution is 2.43. The molecule has 1 fully saturated rings. The minimum Gasteiger partial charge on any atom is -0.360 e. The molecule has 0 saturated heterocycles. The van der Waals surface area contributed by atoms with Crippen LogP contribution in [0.5, 0.6) is 0 Å². The highest BCUT2D eigenvalue weighted by Gasteiger charge is 2.43. The number of rotatable bonds is 7. The predicted octanol–water partition coefficient (Wildman–Crippen LogP) is 4.95. The minimum absolute atomic E-state index is 0.593. The Kier molecular flexibility index (Phi) is 5.11. The van der Waals surface area contributed by atoms with E-state index in [1.54, 1.807) is 0 Å². The molecule has 3 aromatic carbocycles. The molecule has 1 aliphatic rings. The summed E-state index contributed by atoms with van der Waals surface area (Å²) in [5.41, 5.74) is 2.92. The van der Waals surface area contributed by atoms with Gasteiger partial charge in [0, 0.05) is 6.04 Å². The third kappa shape index (κ3) is 3.55. The van der Waals surface area contributed by atoms with Crippen molar-refractivity contribution in [1.29, 1.82) is 0 Å². The van der Waals surface area contributed by atoms with Crippen LogP contribution in [0.25, 0.3) is 0 Å². The van der Waals surface area contributed by atoms with Gasteiger partial charge in [-0.2, -0.15) is 0 Å². The van der Waals surface area contributed by atoms with E-state index in [1.807, 2.05) is 0 Å². The largest absolute Gasteiger partial charge is 0.360 e. The van der Waals surface area contributed by atoms with E-state index in [1.165, 1.54) is 23.1 Å². The van der Waals surface area contributed by atoms with Gasteiger partial charge in [-0.05, 0) is 43.1 Å². The molecule has 0 spiro atoms. The van der Waals surface area contributed by atoms with Crippen molar-refractivity contribution >= 4 is 0 Å². The fourth-order valence-corrected chi connectivity index (χ4v) is 4.04. The average Bonchev–Trinajstić information content (AvgIpc) is 3.51. The van der Waals surface area contributed by atoms with Gasteiger partial charge in [-0.3, -0.25) is 0 Å². The first-order valence-corrected chi connectivity index (χ1v) is 9.69. The Morgan fingerprint density at radius 1 is 0.741 bits per heavy atom. The first kappa shape index (κ1) is 18.0. The van der Waals surface area contributed by atoms with Crippen molar-refractivity contribution in [3.63, 3.8) is 0 Å². The molecule has 0 aromatic heterocycles. The van der Waals surface area contributed by atoms with Crippen molar-refractivity contribution in [2.24, 2.45) is 5.92 Å². The number of hydrogen-bond donors (Lipinski definition) is 0. The molecule has 1 saturated carbocycles. The maximum atomic E-state index is 6.87. The molecule has 0 aliphatic heterocycles. The molecular weight excluding hydrogens is 330 g/mol. The zero-order valence-corrected chi connectivity index (χ0v) is 16.1. The third-order valence-corrected chi connectivity index (χ3v) is 5.60. The van der Waals surface area contributed by atoms with Crippen molar-refractivity contribution in [3.8, 4) is 0 Å². The number of nitrogens with zero attached hydrogens (tertiary/aromatic N) is 1. The lowest BCUT2D eigenvalue weighted by molar-refractivity contribution is 0.00355. The van der Waals surface area contributed by atoms with Gasteiger partial charge in [0.1, 0.15) is 5.60 Å². The van der Waals surface area contributed by atoms with Gasteiger partial charge in [0.05, 0.1) is 6.61 Å². The fourth-order valence-electron chi connectivity index (χ4n) is 4.04. The van der Waals surface area contributed by atoms with Crippen LogP contribution in [0.3, 0.4) is 0 Å². The van der Waals surface area contributed by atoms with Gasteiger partial charge in [-0.25, -0.2) is 0 Å². The fraction of sp³-hybridized carbons (Fsp3) is 0.280. The summed E-state index contributed by atoms with van der Waals surface area (Å²) in [6.07, 6.45) is 1.21. The third-order valence-electron chi connectivity index (χ3n) is 5.60. The van der Waals surface area contributed by atoms with Gasteiger partial charge in [-0.15, -0.1) is 0 Å². The van der Waals surface area contributed by atoms with Crippen molar-refractivity contribution < 1.29 is 4.74 Å². The second kappa shape index (κ2) is 7.67. The first-order chi connectivity index (χ1) is 13.2. The van der Waals surface area contributed by atoms with Crippen LogP contribution >= 0.6 is 0 Å². The van der Waals surface area contributed by atoms with E-state index in [2.05, 4.69) is 110 Å². The Balaban J connectivity index is 1.80. The maximum Gasteiger partial charge on any atom is 0.143 e. The highest BCUT2D eigenvalue weighted by atomic mass is 16.5. The topological polar surface area (TPSA) is 12.5 Å². The Morgan fingerprint density at radius 2 is 1.15 bits per heavy atom. The molecule has 2 unspecified atom stereocenters. The summed E-state index contributed by atoms with van der Waals surface area (Å²) in [6, 6.07) is 32.5. The zero-order chi connectivity index (χ0) is 18.7. The van der Waals surface area contributed by atoms with Crippen molar-refractivity contribution in [2.45, 2.75) is 18.1 Å². The molecule has 0 amide bonds. The Hall–Kier alpha value is -2.42. The normalized spacial score (nSPS) is 19.2. The van der Waals surface area contributed by atoms with Crippen LogP contribution in [-0.4, -0.2) is 31.6 Å². The molecule has 4 rings (SSSR count). The lowest BCUT2D eigenvalue weighted by atomic mass is 9.80. The molecule has 2 atom stereocenters. The maximum absolute atomic E-state index is 6.87. The summed E-state index contributed by atoms with van der Waals surface area (Å²) in [5.74, 6) is 0.593. The summed E-state index contributed by atoms with van der Waals surface area (Å²) in [4.78, 5) is 2.31. The van der Waals surface area contributed by atoms with Crippen molar-refractivity contribution in [1.82, 2.24) is 4.90 Å². The zero-order valence-electron chi connectivity index (χ0n) is 16.1. The molecule has 0 radical (unpaired) electrons. The average molecular weight is 357 g/mol. The summed E-state index contributed by atoms with van der Waals surface area (Å²) in [7, 11) is 4.31. The highest BCUT2D eigenvalue weighted by molar-refractivity contribution is 5.47.